The summed E-state index contributed by atoms with van der Waals surface area (Å²) in [6, 6.07) is 7.27. The van der Waals surface area contributed by atoms with Gasteiger partial charge in [-0.2, -0.15) is 0 Å². The van der Waals surface area contributed by atoms with Gasteiger partial charge in [0.25, 0.3) is 5.56 Å². The number of nitrogen functional groups attached to an aromatic ring is 1. The third-order valence-electron chi connectivity index (χ3n) is 2.24. The van der Waals surface area contributed by atoms with Gasteiger partial charge in [-0.25, -0.2) is 0 Å². The minimum absolute atomic E-state index is 0.230. The third-order valence-corrected chi connectivity index (χ3v) is 2.24. The van der Waals surface area contributed by atoms with Crippen molar-refractivity contribution in [1.29, 1.82) is 0 Å². The van der Waals surface area contributed by atoms with Crippen molar-refractivity contribution < 1.29 is 4.74 Å². The second-order valence-electron chi connectivity index (χ2n) is 3.33. The zero-order chi connectivity index (χ0) is 11.5. The highest BCUT2D eigenvalue weighted by Gasteiger charge is 2.09. The lowest BCUT2D eigenvalue weighted by Gasteiger charge is -2.04. The van der Waals surface area contributed by atoms with Gasteiger partial charge < -0.3 is 10.5 Å². The molecule has 0 aliphatic rings. The van der Waals surface area contributed by atoms with Crippen LogP contribution in [-0.4, -0.2) is 16.8 Å². The number of rotatable bonds is 3. The third kappa shape index (κ3) is 1.79. The largest absolute Gasteiger partial charge is 0.494 e. The van der Waals surface area contributed by atoms with E-state index < -0.39 is 0 Å². The number of hydrogen-bond acceptors (Lipinski definition) is 3. The van der Waals surface area contributed by atoms with Crippen LogP contribution < -0.4 is 16.0 Å². The molecule has 0 fully saturated rings. The van der Waals surface area contributed by atoms with Gasteiger partial charge in [0, 0.05) is 0 Å². The summed E-state index contributed by atoms with van der Waals surface area (Å²) in [6.07, 6.45) is 0. The molecule has 0 saturated carbocycles. The van der Waals surface area contributed by atoms with E-state index in [4.69, 9.17) is 10.5 Å². The number of hydrogen-bond donors (Lipinski definition) is 3. The fourth-order valence-corrected chi connectivity index (χ4v) is 1.57. The number of nitrogens with one attached hydrogen (secondary N) is 2. The molecule has 2 rings (SSSR count). The highest BCUT2D eigenvalue weighted by Crippen LogP contribution is 2.24. The van der Waals surface area contributed by atoms with Gasteiger partial charge in [0.1, 0.15) is 11.6 Å². The zero-order valence-corrected chi connectivity index (χ0v) is 8.91. The smallest absolute Gasteiger partial charge is 0.273 e. The summed E-state index contributed by atoms with van der Waals surface area (Å²) in [5.41, 5.74) is 6.63. The first-order valence-electron chi connectivity index (χ1n) is 5.01. The Bertz CT molecular complexity index is 542. The number of aromatic nitrogens is 2. The maximum Gasteiger partial charge on any atom is 0.273 e. The van der Waals surface area contributed by atoms with E-state index in [9.17, 15) is 4.79 Å². The second-order valence-corrected chi connectivity index (χ2v) is 3.33. The van der Waals surface area contributed by atoms with Crippen LogP contribution in [0.3, 0.4) is 0 Å². The summed E-state index contributed by atoms with van der Waals surface area (Å²) in [6.45, 7) is 2.49. The lowest BCUT2D eigenvalue weighted by Crippen LogP contribution is -2.02. The van der Waals surface area contributed by atoms with Crippen LogP contribution in [0.25, 0.3) is 11.1 Å². The van der Waals surface area contributed by atoms with Crippen LogP contribution in [0.1, 0.15) is 6.92 Å². The molecule has 4 N–H and O–H groups in total. The Morgan fingerprint density at radius 2 is 2.19 bits per heavy atom. The molecule has 0 spiro atoms. The lowest BCUT2D eigenvalue weighted by molar-refractivity contribution is 0.340. The highest BCUT2D eigenvalue weighted by atomic mass is 16.5. The Labute approximate surface area is 92.2 Å². The van der Waals surface area contributed by atoms with Crippen LogP contribution in [0, 0.1) is 0 Å². The minimum atomic E-state index is -0.230. The molecule has 1 aromatic carbocycles. The Kier molecular flexibility index (Phi) is 2.68. The Balaban J connectivity index is 2.48. The number of H-pyrrole nitrogens is 2. The SMILES string of the molecule is CCOc1cccc(-c2c(N)[nH][nH]c2=O)c1. The zero-order valence-electron chi connectivity index (χ0n) is 8.91. The van der Waals surface area contributed by atoms with Gasteiger partial charge in [-0.3, -0.25) is 15.0 Å². The number of ether oxygens (including phenoxy) is 1. The van der Waals surface area contributed by atoms with Crippen molar-refractivity contribution in [3.05, 3.63) is 34.6 Å². The van der Waals surface area contributed by atoms with Crippen LogP contribution in [0.5, 0.6) is 5.75 Å². The summed E-state index contributed by atoms with van der Waals surface area (Å²) in [4.78, 5) is 11.5. The molecular weight excluding hydrogens is 206 g/mol. The van der Waals surface area contributed by atoms with Crippen LogP contribution in [0.15, 0.2) is 29.1 Å². The van der Waals surface area contributed by atoms with Crippen molar-refractivity contribution in [2.45, 2.75) is 6.92 Å². The molecule has 16 heavy (non-hydrogen) atoms. The monoisotopic (exact) mass is 219 g/mol. The van der Waals surface area contributed by atoms with E-state index in [-0.39, 0.29) is 5.56 Å². The standard InChI is InChI=1S/C11H13N3O2/c1-2-16-8-5-3-4-7(6-8)9-10(12)13-14-11(9)15/h3-6H,2H2,1H3,(H4,12,13,14,15). The Morgan fingerprint density at radius 3 is 2.81 bits per heavy atom. The number of nitrogens with two attached hydrogens (primary N) is 1. The van der Waals surface area contributed by atoms with Gasteiger partial charge in [0.2, 0.25) is 0 Å². The average Bonchev–Trinajstić information content (AvgIpc) is 2.59. The fourth-order valence-electron chi connectivity index (χ4n) is 1.57. The number of aromatic amines is 2. The van der Waals surface area contributed by atoms with Crippen molar-refractivity contribution in [2.24, 2.45) is 0 Å². The molecule has 0 unspecified atom stereocenters. The van der Waals surface area contributed by atoms with Crippen molar-refractivity contribution in [1.82, 2.24) is 10.2 Å². The lowest BCUT2D eigenvalue weighted by atomic mass is 10.1. The van der Waals surface area contributed by atoms with Gasteiger partial charge in [-0.1, -0.05) is 12.1 Å². The topological polar surface area (TPSA) is 83.9 Å². The van der Waals surface area contributed by atoms with Crippen molar-refractivity contribution >= 4 is 5.82 Å². The van der Waals surface area contributed by atoms with Crippen LogP contribution in [0.4, 0.5) is 5.82 Å². The summed E-state index contributed by atoms with van der Waals surface area (Å²) in [7, 11) is 0. The molecule has 0 aliphatic heterocycles. The first kappa shape index (κ1) is 10.4. The maximum absolute atomic E-state index is 11.5. The van der Waals surface area contributed by atoms with E-state index in [0.717, 1.165) is 11.3 Å². The molecule has 1 aromatic heterocycles. The molecular formula is C11H13N3O2. The molecule has 84 valence electrons. The van der Waals surface area contributed by atoms with E-state index in [0.29, 0.717) is 18.0 Å². The highest BCUT2D eigenvalue weighted by molar-refractivity contribution is 5.73. The van der Waals surface area contributed by atoms with Crippen molar-refractivity contribution in [3.8, 4) is 16.9 Å². The summed E-state index contributed by atoms with van der Waals surface area (Å²) < 4.78 is 5.36. The van der Waals surface area contributed by atoms with Gasteiger partial charge in [-0.05, 0) is 24.6 Å². The molecule has 1 heterocycles. The molecule has 5 heteroatoms. The minimum Gasteiger partial charge on any atom is -0.494 e. The summed E-state index contributed by atoms with van der Waals surface area (Å²) >= 11 is 0. The van der Waals surface area contributed by atoms with E-state index in [1.807, 2.05) is 25.1 Å². The number of anilines is 1. The van der Waals surface area contributed by atoms with Crippen molar-refractivity contribution in [2.75, 3.05) is 12.3 Å². The van der Waals surface area contributed by atoms with E-state index in [1.54, 1.807) is 6.07 Å². The summed E-state index contributed by atoms with van der Waals surface area (Å²) in [5, 5.41) is 5.03. The van der Waals surface area contributed by atoms with Gasteiger partial charge in [-0.15, -0.1) is 0 Å². The Morgan fingerprint density at radius 1 is 1.38 bits per heavy atom. The normalized spacial score (nSPS) is 10.3. The van der Waals surface area contributed by atoms with Crippen LogP contribution in [0.2, 0.25) is 0 Å². The first-order chi connectivity index (χ1) is 7.72. The fraction of sp³-hybridized carbons (Fsp3) is 0.182. The number of benzene rings is 1. The molecule has 0 aliphatic carbocycles. The molecule has 0 saturated heterocycles. The van der Waals surface area contributed by atoms with Gasteiger partial charge >= 0.3 is 0 Å². The average molecular weight is 219 g/mol. The van der Waals surface area contributed by atoms with Gasteiger partial charge in [0.15, 0.2) is 0 Å². The molecule has 0 radical (unpaired) electrons. The molecule has 0 bridgehead atoms. The van der Waals surface area contributed by atoms with Crippen molar-refractivity contribution in [3.63, 3.8) is 0 Å². The quantitative estimate of drug-likeness (QED) is 0.728. The van der Waals surface area contributed by atoms with Crippen LogP contribution >= 0.6 is 0 Å². The summed E-state index contributed by atoms with van der Waals surface area (Å²) in [5.74, 6) is 1.05. The van der Waals surface area contributed by atoms with Crippen LogP contribution in [-0.2, 0) is 0 Å². The van der Waals surface area contributed by atoms with Gasteiger partial charge in [0.05, 0.1) is 12.2 Å². The second kappa shape index (κ2) is 4.14. The molecule has 2 aromatic rings. The Hall–Kier alpha value is -2.17. The maximum atomic E-state index is 11.5. The predicted molar refractivity (Wildman–Crippen MR) is 62.4 cm³/mol. The predicted octanol–water partition coefficient (Wildman–Crippen LogP) is 1.35. The first-order valence-corrected chi connectivity index (χ1v) is 5.01. The van der Waals surface area contributed by atoms with E-state index in [2.05, 4.69) is 10.2 Å². The van der Waals surface area contributed by atoms with E-state index in [1.165, 1.54) is 0 Å². The molecule has 0 atom stereocenters. The molecule has 0 amide bonds. The molecule has 5 nitrogen and oxygen atoms in total. The van der Waals surface area contributed by atoms with E-state index >= 15 is 0 Å².